The zero-order chi connectivity index (χ0) is 18.2. The van der Waals surface area contributed by atoms with Crippen LogP contribution in [0.4, 0.5) is 19.1 Å². The maximum atomic E-state index is 13.3. The summed E-state index contributed by atoms with van der Waals surface area (Å²) < 4.78 is 41.5. The molecule has 0 aromatic carbocycles. The van der Waals surface area contributed by atoms with Crippen molar-refractivity contribution in [2.24, 2.45) is 7.05 Å². The molecule has 1 aliphatic rings. The number of alkyl halides is 3. The third-order valence-corrected chi connectivity index (χ3v) is 4.40. The summed E-state index contributed by atoms with van der Waals surface area (Å²) in [6.45, 7) is 7.55. The Hall–Kier alpha value is -2.16. The molecule has 0 N–H and O–H groups in total. The largest absolute Gasteiger partial charge is 0.433 e. The lowest BCUT2D eigenvalue weighted by molar-refractivity contribution is -0.141. The van der Waals surface area contributed by atoms with Crippen LogP contribution in [-0.2, 0) is 13.2 Å². The number of anilines is 1. The van der Waals surface area contributed by atoms with Crippen LogP contribution in [0.25, 0.3) is 11.3 Å². The molecule has 0 spiro atoms. The van der Waals surface area contributed by atoms with Gasteiger partial charge in [0.2, 0.25) is 5.95 Å². The van der Waals surface area contributed by atoms with Crippen LogP contribution >= 0.6 is 0 Å². The van der Waals surface area contributed by atoms with Crippen molar-refractivity contribution < 1.29 is 13.2 Å². The van der Waals surface area contributed by atoms with Gasteiger partial charge < -0.3 is 9.80 Å². The highest BCUT2D eigenvalue weighted by Gasteiger charge is 2.35. The molecule has 0 unspecified atom stereocenters. The van der Waals surface area contributed by atoms with Gasteiger partial charge in [-0.25, -0.2) is 9.97 Å². The standard InChI is InChI=1S/C16H21F3N6/c1-4-24-5-7-25(8-6-24)15-20-13(9-14(21-15)16(17,18)19)12-10-23(3)22-11(12)2/h9-10H,4-8H2,1-3H3. The number of rotatable bonds is 3. The van der Waals surface area contributed by atoms with E-state index in [1.54, 1.807) is 24.9 Å². The molecule has 6 nitrogen and oxygen atoms in total. The third kappa shape index (κ3) is 3.76. The highest BCUT2D eigenvalue weighted by Crippen LogP contribution is 2.32. The van der Waals surface area contributed by atoms with Crippen LogP contribution in [0.5, 0.6) is 0 Å². The van der Waals surface area contributed by atoms with E-state index in [-0.39, 0.29) is 11.6 Å². The second-order valence-corrected chi connectivity index (χ2v) is 6.16. The van der Waals surface area contributed by atoms with Crippen molar-refractivity contribution in [3.8, 4) is 11.3 Å². The number of aryl methyl sites for hydroxylation is 2. The van der Waals surface area contributed by atoms with Crippen LogP contribution in [0.15, 0.2) is 12.3 Å². The predicted octanol–water partition coefficient (Wildman–Crippen LogP) is 2.35. The van der Waals surface area contributed by atoms with Crippen LogP contribution < -0.4 is 4.90 Å². The van der Waals surface area contributed by atoms with E-state index in [0.29, 0.717) is 24.3 Å². The van der Waals surface area contributed by atoms with Crippen molar-refractivity contribution in [3.63, 3.8) is 0 Å². The van der Waals surface area contributed by atoms with Crippen LogP contribution in [0.2, 0.25) is 0 Å². The third-order valence-electron chi connectivity index (χ3n) is 4.40. The first-order valence-electron chi connectivity index (χ1n) is 8.22. The lowest BCUT2D eigenvalue weighted by Crippen LogP contribution is -2.46. The average molecular weight is 354 g/mol. The lowest BCUT2D eigenvalue weighted by Gasteiger charge is -2.34. The summed E-state index contributed by atoms with van der Waals surface area (Å²) in [4.78, 5) is 12.3. The maximum Gasteiger partial charge on any atom is 0.433 e. The Labute approximate surface area is 144 Å². The van der Waals surface area contributed by atoms with Gasteiger partial charge >= 0.3 is 6.18 Å². The summed E-state index contributed by atoms with van der Waals surface area (Å²) in [7, 11) is 1.73. The number of nitrogens with zero attached hydrogens (tertiary/aromatic N) is 6. The molecule has 0 amide bonds. The molecule has 3 rings (SSSR count). The molecule has 1 saturated heterocycles. The molecule has 1 fully saturated rings. The van der Waals surface area contributed by atoms with Gasteiger partial charge in [0.25, 0.3) is 0 Å². The Bertz CT molecular complexity index is 747. The van der Waals surface area contributed by atoms with E-state index in [9.17, 15) is 13.2 Å². The monoisotopic (exact) mass is 354 g/mol. The van der Waals surface area contributed by atoms with Crippen LogP contribution in [0, 0.1) is 6.92 Å². The van der Waals surface area contributed by atoms with Crippen molar-refractivity contribution in [2.75, 3.05) is 37.6 Å². The Balaban J connectivity index is 2.01. The number of piperazine rings is 1. The van der Waals surface area contributed by atoms with E-state index < -0.39 is 11.9 Å². The van der Waals surface area contributed by atoms with E-state index in [4.69, 9.17) is 0 Å². The normalized spacial score (nSPS) is 16.5. The molecule has 3 heterocycles. The highest BCUT2D eigenvalue weighted by atomic mass is 19.4. The second kappa shape index (κ2) is 6.62. The number of halogens is 3. The molecule has 136 valence electrons. The van der Waals surface area contributed by atoms with E-state index >= 15 is 0 Å². The minimum Gasteiger partial charge on any atom is -0.338 e. The first-order valence-corrected chi connectivity index (χ1v) is 8.22. The quantitative estimate of drug-likeness (QED) is 0.847. The predicted molar refractivity (Wildman–Crippen MR) is 88.3 cm³/mol. The van der Waals surface area contributed by atoms with E-state index in [0.717, 1.165) is 25.7 Å². The SMILES string of the molecule is CCN1CCN(c2nc(-c3cn(C)nc3C)cc(C(F)(F)F)n2)CC1. The van der Waals surface area contributed by atoms with E-state index in [2.05, 4.69) is 26.9 Å². The van der Waals surface area contributed by atoms with Crippen LogP contribution in [-0.4, -0.2) is 57.4 Å². The van der Waals surface area contributed by atoms with Gasteiger partial charge in [0.1, 0.15) is 0 Å². The van der Waals surface area contributed by atoms with Gasteiger partial charge in [-0.1, -0.05) is 6.92 Å². The number of hydrogen-bond acceptors (Lipinski definition) is 5. The number of aromatic nitrogens is 4. The highest BCUT2D eigenvalue weighted by molar-refractivity contribution is 5.63. The van der Waals surface area contributed by atoms with Crippen molar-refractivity contribution in [3.05, 3.63) is 23.7 Å². The van der Waals surface area contributed by atoms with Gasteiger partial charge in [0.15, 0.2) is 5.69 Å². The first kappa shape index (κ1) is 17.7. The Kier molecular flexibility index (Phi) is 4.68. The lowest BCUT2D eigenvalue weighted by atomic mass is 10.1. The average Bonchev–Trinajstić information content (AvgIpc) is 2.92. The summed E-state index contributed by atoms with van der Waals surface area (Å²) in [6.07, 6.45) is -2.84. The molecule has 1 aliphatic heterocycles. The Morgan fingerprint density at radius 2 is 1.80 bits per heavy atom. The van der Waals surface area contributed by atoms with Gasteiger partial charge in [-0.05, 0) is 19.5 Å². The molecule has 2 aromatic rings. The fourth-order valence-electron chi connectivity index (χ4n) is 2.97. The fourth-order valence-corrected chi connectivity index (χ4v) is 2.97. The molecule has 9 heteroatoms. The van der Waals surface area contributed by atoms with E-state index in [1.165, 1.54) is 0 Å². The first-order chi connectivity index (χ1) is 11.8. The van der Waals surface area contributed by atoms with Crippen molar-refractivity contribution in [1.29, 1.82) is 0 Å². The topological polar surface area (TPSA) is 50.1 Å². The van der Waals surface area contributed by atoms with Crippen molar-refractivity contribution in [2.45, 2.75) is 20.0 Å². The Morgan fingerprint density at radius 3 is 2.32 bits per heavy atom. The molecule has 25 heavy (non-hydrogen) atoms. The molecule has 0 bridgehead atoms. The molecule has 0 atom stereocenters. The fraction of sp³-hybridized carbons (Fsp3) is 0.562. The molecule has 0 saturated carbocycles. The molecule has 2 aromatic heterocycles. The van der Waals surface area contributed by atoms with Crippen molar-refractivity contribution in [1.82, 2.24) is 24.6 Å². The van der Waals surface area contributed by atoms with Gasteiger partial charge in [-0.2, -0.15) is 18.3 Å². The summed E-state index contributed by atoms with van der Waals surface area (Å²) in [5.41, 5.74) is 0.550. The maximum absolute atomic E-state index is 13.3. The number of likely N-dealkylation sites (N-methyl/N-ethyl adjacent to an activating group) is 1. The van der Waals surface area contributed by atoms with Crippen molar-refractivity contribution >= 4 is 5.95 Å². The summed E-state index contributed by atoms with van der Waals surface area (Å²) in [5, 5.41) is 4.20. The molecular weight excluding hydrogens is 333 g/mol. The minimum absolute atomic E-state index is 0.129. The molecular formula is C16H21F3N6. The van der Waals surface area contributed by atoms with Gasteiger partial charge in [0, 0.05) is 45.0 Å². The molecule has 0 aliphatic carbocycles. The second-order valence-electron chi connectivity index (χ2n) is 6.16. The van der Waals surface area contributed by atoms with Crippen LogP contribution in [0.3, 0.4) is 0 Å². The van der Waals surface area contributed by atoms with Crippen LogP contribution in [0.1, 0.15) is 18.3 Å². The minimum atomic E-state index is -4.52. The van der Waals surface area contributed by atoms with Gasteiger partial charge in [0.05, 0.1) is 11.4 Å². The smallest absolute Gasteiger partial charge is 0.338 e. The van der Waals surface area contributed by atoms with E-state index in [1.807, 2.05) is 4.90 Å². The Morgan fingerprint density at radius 1 is 1.12 bits per heavy atom. The van der Waals surface area contributed by atoms with Gasteiger partial charge in [-0.15, -0.1) is 0 Å². The summed E-state index contributed by atoms with van der Waals surface area (Å²) in [6, 6.07) is 0.996. The zero-order valence-corrected chi connectivity index (χ0v) is 14.5. The van der Waals surface area contributed by atoms with Gasteiger partial charge in [-0.3, -0.25) is 4.68 Å². The summed E-state index contributed by atoms with van der Waals surface area (Å²) >= 11 is 0. The molecule has 0 radical (unpaired) electrons. The summed E-state index contributed by atoms with van der Waals surface area (Å²) in [5.74, 6) is 0.129. The number of hydrogen-bond donors (Lipinski definition) is 0. The zero-order valence-electron chi connectivity index (χ0n) is 14.5.